The quantitative estimate of drug-likeness (QED) is 0.481. The average molecular weight is 549 g/mol. The van der Waals surface area contributed by atoms with Crippen LogP contribution in [-0.4, -0.2) is 66.2 Å². The van der Waals surface area contributed by atoms with Gasteiger partial charge in [0.25, 0.3) is 5.91 Å². The minimum absolute atomic E-state index is 0.0889. The van der Waals surface area contributed by atoms with Crippen LogP contribution in [0.15, 0.2) is 72.8 Å². The molecule has 3 aromatic rings. The van der Waals surface area contributed by atoms with Crippen molar-refractivity contribution >= 4 is 5.91 Å². The van der Waals surface area contributed by atoms with Crippen LogP contribution in [0, 0.1) is 17.8 Å². The molecule has 1 saturated heterocycles. The molecule has 2 bridgehead atoms. The lowest BCUT2D eigenvalue weighted by atomic mass is 9.51. The number of methoxy groups -OCH3 is 1. The van der Waals surface area contributed by atoms with Gasteiger partial charge >= 0.3 is 0 Å². The fraction of sp³-hybridized carbons (Fsp3) is 0.400. The Bertz CT molecular complexity index is 1510. The molecule has 7 rings (SSSR count). The van der Waals surface area contributed by atoms with Crippen LogP contribution in [0.2, 0.25) is 0 Å². The summed E-state index contributed by atoms with van der Waals surface area (Å²) in [6, 6.07) is 24.0. The zero-order valence-corrected chi connectivity index (χ0v) is 23.6. The van der Waals surface area contributed by atoms with Crippen molar-refractivity contribution in [1.82, 2.24) is 9.80 Å². The second kappa shape index (κ2) is 10.2. The molecule has 3 aromatic carbocycles. The highest BCUT2D eigenvalue weighted by Gasteiger charge is 2.66. The smallest absolute Gasteiger partial charge is 0.298 e. The number of amides is 1. The predicted molar refractivity (Wildman–Crippen MR) is 157 cm³/mol. The summed E-state index contributed by atoms with van der Waals surface area (Å²) in [5.41, 5.74) is 4.20. The second-order valence-electron chi connectivity index (χ2n) is 11.9. The number of aliphatic hydroxyl groups is 1. The van der Waals surface area contributed by atoms with Crippen molar-refractivity contribution in [2.45, 2.75) is 55.4 Å². The zero-order chi connectivity index (χ0) is 28.1. The van der Waals surface area contributed by atoms with Gasteiger partial charge in [-0.1, -0.05) is 60.5 Å². The Labute approximate surface area is 241 Å². The Morgan fingerprint density at radius 3 is 2.63 bits per heavy atom. The van der Waals surface area contributed by atoms with E-state index in [1.165, 1.54) is 11.1 Å². The summed E-state index contributed by atoms with van der Waals surface area (Å²) in [5.74, 6) is 7.73. The van der Waals surface area contributed by atoms with E-state index in [9.17, 15) is 9.90 Å². The fourth-order valence-corrected chi connectivity index (χ4v) is 8.26. The molecular weight excluding hydrogens is 512 g/mol. The molecule has 2 heterocycles. The van der Waals surface area contributed by atoms with E-state index in [1.807, 2.05) is 78.7 Å². The molecule has 6 nitrogen and oxygen atoms in total. The number of β-amino-alcohol motifs (C(OH)–C–C–N with tert-alkyl or cyclic N) is 1. The summed E-state index contributed by atoms with van der Waals surface area (Å²) in [6.45, 7) is 1.49. The maximum atomic E-state index is 13.4. The van der Waals surface area contributed by atoms with E-state index in [2.05, 4.69) is 22.8 Å². The molecule has 41 heavy (non-hydrogen) atoms. The first-order chi connectivity index (χ1) is 20.0. The number of likely N-dealkylation sites (tertiary alicyclic amines) is 1. The van der Waals surface area contributed by atoms with Gasteiger partial charge in [-0.2, -0.15) is 0 Å². The summed E-state index contributed by atoms with van der Waals surface area (Å²) < 4.78 is 12.7. The van der Waals surface area contributed by atoms with E-state index in [4.69, 9.17) is 9.47 Å². The number of rotatable bonds is 5. The maximum Gasteiger partial charge on any atom is 0.298 e. The Kier molecular flexibility index (Phi) is 6.53. The third-order valence-corrected chi connectivity index (χ3v) is 10.1. The zero-order valence-electron chi connectivity index (χ0n) is 23.6. The molecule has 1 amide bonds. The minimum Gasteiger partial charge on any atom is -0.493 e. The van der Waals surface area contributed by atoms with Crippen LogP contribution in [0.4, 0.5) is 0 Å². The first-order valence-corrected chi connectivity index (χ1v) is 14.7. The van der Waals surface area contributed by atoms with Crippen molar-refractivity contribution < 1.29 is 19.4 Å². The Morgan fingerprint density at radius 2 is 1.88 bits per heavy atom. The second-order valence-corrected chi connectivity index (χ2v) is 11.9. The molecule has 0 radical (unpaired) electrons. The van der Waals surface area contributed by atoms with Gasteiger partial charge in [0, 0.05) is 42.1 Å². The lowest BCUT2D eigenvalue weighted by Crippen LogP contribution is -2.69. The summed E-state index contributed by atoms with van der Waals surface area (Å²) in [4.78, 5) is 17.7. The van der Waals surface area contributed by atoms with Crippen molar-refractivity contribution in [3.8, 4) is 23.3 Å². The number of carbonyl (C=O) groups is 1. The molecule has 2 fully saturated rings. The van der Waals surface area contributed by atoms with Gasteiger partial charge in [-0.05, 0) is 67.5 Å². The van der Waals surface area contributed by atoms with Crippen molar-refractivity contribution in [2.24, 2.45) is 5.92 Å². The minimum atomic E-state index is -0.531. The van der Waals surface area contributed by atoms with Crippen LogP contribution >= 0.6 is 0 Å². The normalized spacial score (nSPS) is 28.0. The molecule has 4 aliphatic rings. The molecular formula is C35H36N2O4. The monoisotopic (exact) mass is 548 g/mol. The van der Waals surface area contributed by atoms with Crippen LogP contribution in [0.1, 0.15) is 47.6 Å². The molecule has 6 atom stereocenters. The van der Waals surface area contributed by atoms with Crippen LogP contribution in [0.3, 0.4) is 0 Å². The van der Waals surface area contributed by atoms with E-state index in [1.54, 1.807) is 7.11 Å². The van der Waals surface area contributed by atoms with Gasteiger partial charge in [0.05, 0.1) is 19.3 Å². The number of benzene rings is 3. The SMILES string of the molecule is COc1ccc2c3c1O[C@H]1[C@@H](N(C)C(=O)C#Cc4ccccc4)CC[C@H]4[C@@H](C2)N(CC(O)c2ccccc2)CC[C@@]341. The van der Waals surface area contributed by atoms with Crippen LogP contribution < -0.4 is 9.47 Å². The van der Waals surface area contributed by atoms with E-state index in [0.29, 0.717) is 18.5 Å². The van der Waals surface area contributed by atoms with Gasteiger partial charge in [-0.25, -0.2) is 0 Å². The first-order valence-electron chi connectivity index (χ1n) is 14.7. The lowest BCUT2D eigenvalue weighted by Gasteiger charge is -2.60. The highest BCUT2D eigenvalue weighted by Crippen LogP contribution is 2.64. The molecule has 0 aromatic heterocycles. The molecule has 2 aliphatic carbocycles. The van der Waals surface area contributed by atoms with Crippen molar-refractivity contribution in [3.63, 3.8) is 0 Å². The highest BCUT2D eigenvalue weighted by atomic mass is 16.5. The summed E-state index contributed by atoms with van der Waals surface area (Å²) in [6.07, 6.45) is 3.00. The molecule has 1 unspecified atom stereocenters. The van der Waals surface area contributed by atoms with Crippen LogP contribution in [-0.2, 0) is 16.6 Å². The number of nitrogens with zero attached hydrogens (tertiary/aromatic N) is 2. The topological polar surface area (TPSA) is 62.2 Å². The number of hydrogen-bond donors (Lipinski definition) is 1. The van der Waals surface area contributed by atoms with E-state index in [0.717, 1.165) is 54.9 Å². The number of carbonyl (C=O) groups excluding carboxylic acids is 1. The number of likely N-dealkylation sites (N-methyl/N-ethyl adjacent to an activating group) is 1. The van der Waals surface area contributed by atoms with Crippen molar-refractivity contribution in [2.75, 3.05) is 27.2 Å². The van der Waals surface area contributed by atoms with Gasteiger partial charge < -0.3 is 19.5 Å². The number of aliphatic hydroxyl groups excluding tert-OH is 1. The Balaban J connectivity index is 1.22. The third-order valence-electron chi connectivity index (χ3n) is 10.1. The van der Waals surface area contributed by atoms with Gasteiger partial charge in [0.15, 0.2) is 11.5 Å². The number of hydrogen-bond acceptors (Lipinski definition) is 5. The fourth-order valence-electron chi connectivity index (χ4n) is 8.26. The van der Waals surface area contributed by atoms with Gasteiger partial charge in [-0.3, -0.25) is 9.69 Å². The molecule has 1 saturated carbocycles. The summed E-state index contributed by atoms with van der Waals surface area (Å²) in [7, 11) is 3.57. The van der Waals surface area contributed by atoms with Gasteiger partial charge in [0.2, 0.25) is 0 Å². The standard InChI is InChI=1S/C35H36N2O4/c1-36(31(39)18-13-23-9-5-3-6-10-23)27-16-15-26-28-21-25-14-17-30(40-2)33-32(25)35(26,34(27)41-33)19-20-37(28)22-29(38)24-11-7-4-8-12-24/h3-12,14,17,26-29,34,38H,15-16,19-22H2,1-2H3/t26-,27-,28+,29?,34-,35-/m0/s1. The maximum absolute atomic E-state index is 13.4. The third kappa shape index (κ3) is 4.14. The van der Waals surface area contributed by atoms with Crippen molar-refractivity contribution in [3.05, 3.63) is 95.1 Å². The largest absolute Gasteiger partial charge is 0.493 e. The Morgan fingerprint density at radius 1 is 1.12 bits per heavy atom. The predicted octanol–water partition coefficient (Wildman–Crippen LogP) is 4.35. The van der Waals surface area contributed by atoms with E-state index >= 15 is 0 Å². The van der Waals surface area contributed by atoms with E-state index in [-0.39, 0.29) is 23.5 Å². The molecule has 6 heteroatoms. The Hall–Kier alpha value is -3.79. The summed E-state index contributed by atoms with van der Waals surface area (Å²) >= 11 is 0. The van der Waals surface area contributed by atoms with Crippen LogP contribution in [0.5, 0.6) is 11.5 Å². The van der Waals surface area contributed by atoms with Gasteiger partial charge in [-0.15, -0.1) is 0 Å². The van der Waals surface area contributed by atoms with E-state index < -0.39 is 6.10 Å². The number of ether oxygens (including phenoxy) is 2. The number of piperidine rings is 1. The molecule has 1 N–H and O–H groups in total. The molecule has 2 aliphatic heterocycles. The van der Waals surface area contributed by atoms with Crippen LogP contribution in [0.25, 0.3) is 0 Å². The van der Waals surface area contributed by atoms with Crippen molar-refractivity contribution in [1.29, 1.82) is 0 Å². The summed E-state index contributed by atoms with van der Waals surface area (Å²) in [5, 5.41) is 11.2. The molecule has 210 valence electrons. The average Bonchev–Trinajstić information content (AvgIpc) is 3.36. The lowest BCUT2D eigenvalue weighted by molar-refractivity contribution is -0.135. The molecule has 1 spiro atoms. The highest BCUT2D eigenvalue weighted by molar-refractivity contribution is 5.94. The van der Waals surface area contributed by atoms with Gasteiger partial charge in [0.1, 0.15) is 6.10 Å². The first kappa shape index (κ1) is 26.1.